The summed E-state index contributed by atoms with van der Waals surface area (Å²) in [6.07, 6.45) is 6.38. The van der Waals surface area contributed by atoms with Crippen LogP contribution in [-0.2, 0) is 14.8 Å². The SMILES string of the molecule is O=C(/C=C/c1cccs1)NCCS(=O)(=O)Nc1ccn2nccc2c1. The van der Waals surface area contributed by atoms with Gasteiger partial charge in [0.05, 0.1) is 17.0 Å². The molecule has 9 heteroatoms. The summed E-state index contributed by atoms with van der Waals surface area (Å²) in [7, 11) is -3.56. The van der Waals surface area contributed by atoms with Crippen LogP contribution in [0.25, 0.3) is 11.6 Å². The number of nitrogens with one attached hydrogen (secondary N) is 2. The van der Waals surface area contributed by atoms with Crippen LogP contribution in [0.4, 0.5) is 5.69 Å². The molecule has 0 fully saturated rings. The van der Waals surface area contributed by atoms with Crippen LogP contribution < -0.4 is 10.0 Å². The van der Waals surface area contributed by atoms with Crippen molar-refractivity contribution in [2.75, 3.05) is 17.0 Å². The quantitative estimate of drug-likeness (QED) is 0.617. The van der Waals surface area contributed by atoms with E-state index in [0.717, 1.165) is 10.4 Å². The maximum absolute atomic E-state index is 12.1. The minimum absolute atomic E-state index is 0.0257. The van der Waals surface area contributed by atoms with Crippen molar-refractivity contribution in [1.29, 1.82) is 0 Å². The molecule has 25 heavy (non-hydrogen) atoms. The zero-order chi connectivity index (χ0) is 17.7. The van der Waals surface area contributed by atoms with Gasteiger partial charge in [0.15, 0.2) is 0 Å². The molecule has 0 spiro atoms. The summed E-state index contributed by atoms with van der Waals surface area (Å²) < 4.78 is 28.3. The molecule has 2 N–H and O–H groups in total. The van der Waals surface area contributed by atoms with E-state index in [4.69, 9.17) is 0 Å². The number of amides is 1. The number of carbonyl (C=O) groups is 1. The standard InChI is InChI=1S/C16H16N4O3S2/c21-16(4-3-15-2-1-10-24-15)17-8-11-25(22,23)19-13-6-9-20-14(12-13)5-7-18-20/h1-7,9-10,12,19H,8,11H2,(H,17,21)/b4-3+. The molecular formula is C16H16N4O3S2. The summed E-state index contributed by atoms with van der Waals surface area (Å²) in [5, 5.41) is 8.52. The van der Waals surface area contributed by atoms with Gasteiger partial charge in [0.1, 0.15) is 0 Å². The third-order valence-electron chi connectivity index (χ3n) is 3.29. The van der Waals surface area contributed by atoms with Crippen LogP contribution in [0.2, 0.25) is 0 Å². The highest BCUT2D eigenvalue weighted by atomic mass is 32.2. The van der Waals surface area contributed by atoms with Gasteiger partial charge in [0.2, 0.25) is 15.9 Å². The summed E-state index contributed by atoms with van der Waals surface area (Å²) in [5.74, 6) is -0.542. The van der Waals surface area contributed by atoms with Crippen LogP contribution in [0.3, 0.4) is 0 Å². The zero-order valence-electron chi connectivity index (χ0n) is 13.1. The van der Waals surface area contributed by atoms with Gasteiger partial charge in [-0.05, 0) is 35.7 Å². The lowest BCUT2D eigenvalue weighted by Crippen LogP contribution is -2.30. The number of hydrogen-bond acceptors (Lipinski definition) is 5. The van der Waals surface area contributed by atoms with Crippen LogP contribution in [0.1, 0.15) is 4.88 Å². The predicted molar refractivity (Wildman–Crippen MR) is 99.0 cm³/mol. The molecule has 0 saturated carbocycles. The number of sulfonamides is 1. The van der Waals surface area contributed by atoms with Gasteiger partial charge in [-0.1, -0.05) is 6.07 Å². The molecular weight excluding hydrogens is 360 g/mol. The largest absolute Gasteiger partial charge is 0.351 e. The first-order valence-electron chi connectivity index (χ1n) is 7.45. The first-order valence-corrected chi connectivity index (χ1v) is 9.98. The van der Waals surface area contributed by atoms with Gasteiger partial charge in [0.25, 0.3) is 0 Å². The second-order valence-corrected chi connectivity index (χ2v) is 8.00. The molecule has 0 aromatic carbocycles. The van der Waals surface area contributed by atoms with E-state index in [0.29, 0.717) is 5.69 Å². The van der Waals surface area contributed by atoms with E-state index in [1.54, 1.807) is 41.2 Å². The molecule has 7 nitrogen and oxygen atoms in total. The van der Waals surface area contributed by atoms with Crippen LogP contribution in [0, 0.1) is 0 Å². The summed E-state index contributed by atoms with van der Waals surface area (Å²) >= 11 is 1.52. The summed E-state index contributed by atoms with van der Waals surface area (Å²) in [4.78, 5) is 12.6. The number of anilines is 1. The molecule has 3 aromatic heterocycles. The molecule has 0 bridgehead atoms. The second-order valence-electron chi connectivity index (χ2n) is 5.18. The van der Waals surface area contributed by atoms with Crippen LogP contribution in [0.5, 0.6) is 0 Å². The van der Waals surface area contributed by atoms with Crippen molar-refractivity contribution >= 4 is 44.5 Å². The fraction of sp³-hybridized carbons (Fsp3) is 0.125. The van der Waals surface area contributed by atoms with E-state index >= 15 is 0 Å². The molecule has 3 rings (SSSR count). The molecule has 3 aromatic rings. The maximum atomic E-state index is 12.1. The number of nitrogens with zero attached hydrogens (tertiary/aromatic N) is 2. The van der Waals surface area contributed by atoms with Gasteiger partial charge in [0, 0.05) is 29.9 Å². The fourth-order valence-electron chi connectivity index (χ4n) is 2.13. The molecule has 0 unspecified atom stereocenters. The lowest BCUT2D eigenvalue weighted by molar-refractivity contribution is -0.116. The third kappa shape index (κ3) is 4.91. The average Bonchev–Trinajstić information content (AvgIpc) is 3.23. The summed E-state index contributed by atoms with van der Waals surface area (Å²) in [6, 6.07) is 8.87. The Kier molecular flexibility index (Phi) is 5.15. The highest BCUT2D eigenvalue weighted by molar-refractivity contribution is 7.92. The number of aromatic nitrogens is 2. The Bertz CT molecular complexity index is 991. The molecule has 0 aliphatic carbocycles. The van der Waals surface area contributed by atoms with E-state index in [-0.39, 0.29) is 18.2 Å². The number of carbonyl (C=O) groups excluding carboxylic acids is 1. The van der Waals surface area contributed by atoms with Crippen LogP contribution in [-0.4, -0.2) is 36.2 Å². The van der Waals surface area contributed by atoms with E-state index < -0.39 is 10.0 Å². The lowest BCUT2D eigenvalue weighted by Gasteiger charge is -2.08. The minimum Gasteiger partial charge on any atom is -0.351 e. The molecule has 1 amide bonds. The lowest BCUT2D eigenvalue weighted by atomic mass is 10.4. The van der Waals surface area contributed by atoms with Crippen molar-refractivity contribution in [2.24, 2.45) is 0 Å². The van der Waals surface area contributed by atoms with Crippen molar-refractivity contribution in [3.05, 3.63) is 59.1 Å². The van der Waals surface area contributed by atoms with Crippen molar-refractivity contribution in [3.63, 3.8) is 0 Å². The molecule has 130 valence electrons. The molecule has 0 aliphatic rings. The Hall–Kier alpha value is -2.65. The minimum atomic E-state index is -3.56. The number of pyridine rings is 1. The Morgan fingerprint density at radius 3 is 3.00 bits per heavy atom. The van der Waals surface area contributed by atoms with Crippen molar-refractivity contribution in [3.8, 4) is 0 Å². The van der Waals surface area contributed by atoms with Crippen LogP contribution >= 0.6 is 11.3 Å². The van der Waals surface area contributed by atoms with Gasteiger partial charge in [-0.15, -0.1) is 11.3 Å². The molecule has 0 atom stereocenters. The molecule has 0 radical (unpaired) electrons. The predicted octanol–water partition coefficient (Wildman–Crippen LogP) is 1.97. The topological polar surface area (TPSA) is 92.6 Å². The number of hydrogen-bond donors (Lipinski definition) is 2. The first-order chi connectivity index (χ1) is 12.0. The molecule has 3 heterocycles. The summed E-state index contributed by atoms with van der Waals surface area (Å²) in [6.45, 7) is 0.0257. The number of rotatable bonds is 7. The van der Waals surface area contributed by atoms with E-state index in [9.17, 15) is 13.2 Å². The Morgan fingerprint density at radius 1 is 1.32 bits per heavy atom. The Balaban J connectivity index is 1.50. The Labute approximate surface area is 149 Å². The van der Waals surface area contributed by atoms with Gasteiger partial charge < -0.3 is 5.32 Å². The van der Waals surface area contributed by atoms with Gasteiger partial charge in [-0.3, -0.25) is 9.52 Å². The van der Waals surface area contributed by atoms with Crippen molar-refractivity contribution < 1.29 is 13.2 Å². The highest BCUT2D eigenvalue weighted by Gasteiger charge is 2.11. The molecule has 0 aliphatic heterocycles. The third-order valence-corrected chi connectivity index (χ3v) is 5.41. The van der Waals surface area contributed by atoms with E-state index in [1.165, 1.54) is 17.4 Å². The summed E-state index contributed by atoms with van der Waals surface area (Å²) in [5.41, 5.74) is 1.24. The zero-order valence-corrected chi connectivity index (χ0v) is 14.8. The average molecular weight is 376 g/mol. The van der Waals surface area contributed by atoms with Crippen molar-refractivity contribution in [2.45, 2.75) is 0 Å². The smallest absolute Gasteiger partial charge is 0.244 e. The number of thiophene rings is 1. The maximum Gasteiger partial charge on any atom is 0.244 e. The first kappa shape index (κ1) is 17.2. The second kappa shape index (κ2) is 7.49. The Morgan fingerprint density at radius 2 is 2.20 bits per heavy atom. The number of fused-ring (bicyclic) bond motifs is 1. The van der Waals surface area contributed by atoms with Gasteiger partial charge >= 0.3 is 0 Å². The van der Waals surface area contributed by atoms with Gasteiger partial charge in [-0.25, -0.2) is 12.9 Å². The monoisotopic (exact) mass is 376 g/mol. The van der Waals surface area contributed by atoms with E-state index in [1.807, 2.05) is 17.5 Å². The normalized spacial score (nSPS) is 11.8. The molecule has 0 saturated heterocycles. The van der Waals surface area contributed by atoms with Crippen LogP contribution in [0.15, 0.2) is 54.2 Å². The van der Waals surface area contributed by atoms with Crippen molar-refractivity contribution in [1.82, 2.24) is 14.9 Å². The van der Waals surface area contributed by atoms with Gasteiger partial charge in [-0.2, -0.15) is 5.10 Å². The van der Waals surface area contributed by atoms with E-state index in [2.05, 4.69) is 15.1 Å². The fourth-order valence-corrected chi connectivity index (χ4v) is 3.70. The highest BCUT2D eigenvalue weighted by Crippen LogP contribution is 2.13.